The molecule has 4 aromatic rings. The van der Waals surface area contributed by atoms with Crippen LogP contribution < -0.4 is 0 Å². The summed E-state index contributed by atoms with van der Waals surface area (Å²) >= 11 is 1.41. The summed E-state index contributed by atoms with van der Waals surface area (Å²) in [6, 6.07) is 7.49. The second kappa shape index (κ2) is 6.65. The first kappa shape index (κ1) is 16.5. The largest absolute Gasteiger partial charge is 0.278 e. The quantitative estimate of drug-likeness (QED) is 0.517. The maximum Gasteiger partial charge on any atom is 0.139 e. The fourth-order valence-corrected chi connectivity index (χ4v) is 3.49. The minimum atomic E-state index is -0.233. The van der Waals surface area contributed by atoms with Crippen LogP contribution in [0.2, 0.25) is 0 Å². The van der Waals surface area contributed by atoms with Crippen LogP contribution in [0.25, 0.3) is 27.5 Å². The number of halogens is 1. The van der Waals surface area contributed by atoms with Crippen molar-refractivity contribution in [2.24, 2.45) is 0 Å². The Labute approximate surface area is 144 Å². The molecule has 0 bridgehead atoms. The number of hydrogen-bond acceptors (Lipinski definition) is 3. The molecule has 0 spiro atoms. The second-order valence-electron chi connectivity index (χ2n) is 5.17. The van der Waals surface area contributed by atoms with Crippen LogP contribution in [0, 0.1) is 12.7 Å². The van der Waals surface area contributed by atoms with Gasteiger partial charge in [-0.25, -0.2) is 8.91 Å². The normalized spacial score (nSPS) is 10.9. The lowest BCUT2D eigenvalue weighted by atomic mass is 10.0. The number of aromatic nitrogens is 4. The van der Waals surface area contributed by atoms with Gasteiger partial charge in [-0.2, -0.15) is 10.2 Å². The van der Waals surface area contributed by atoms with Gasteiger partial charge in [0.1, 0.15) is 5.82 Å². The Morgan fingerprint density at radius 1 is 1.21 bits per heavy atom. The molecule has 0 unspecified atom stereocenters. The molecule has 0 aliphatic carbocycles. The standard InChI is InChI=1S/C16H13FN4S.C2H6/c1-9-5-11-6-10(3-4-21(11)20-9)15-12-8-18-19-14(12)7-13(17)16(15)22-2;1-2/h3-8H,1-2H3,(H,18,19);1-2H3. The molecule has 0 saturated carbocycles. The van der Waals surface area contributed by atoms with Gasteiger partial charge in [-0.05, 0) is 36.9 Å². The van der Waals surface area contributed by atoms with Gasteiger partial charge in [0.05, 0.1) is 27.8 Å². The summed E-state index contributed by atoms with van der Waals surface area (Å²) in [5, 5.41) is 12.2. The van der Waals surface area contributed by atoms with Gasteiger partial charge in [-0.15, -0.1) is 11.8 Å². The zero-order chi connectivity index (χ0) is 17.3. The van der Waals surface area contributed by atoms with Crippen molar-refractivity contribution in [3.8, 4) is 11.1 Å². The Hall–Kier alpha value is -2.34. The second-order valence-corrected chi connectivity index (χ2v) is 5.98. The van der Waals surface area contributed by atoms with Gasteiger partial charge >= 0.3 is 0 Å². The number of fused-ring (bicyclic) bond motifs is 2. The predicted molar refractivity (Wildman–Crippen MR) is 98.1 cm³/mol. The van der Waals surface area contributed by atoms with E-state index in [2.05, 4.69) is 15.3 Å². The van der Waals surface area contributed by atoms with E-state index in [9.17, 15) is 4.39 Å². The van der Waals surface area contributed by atoms with Crippen molar-refractivity contribution in [2.45, 2.75) is 25.7 Å². The number of aryl methyl sites for hydroxylation is 1. The van der Waals surface area contributed by atoms with Crippen molar-refractivity contribution >= 4 is 28.2 Å². The topological polar surface area (TPSA) is 46.0 Å². The molecular weight excluding hydrogens is 323 g/mol. The van der Waals surface area contributed by atoms with Gasteiger partial charge < -0.3 is 0 Å². The molecule has 4 rings (SSSR count). The highest BCUT2D eigenvalue weighted by molar-refractivity contribution is 7.98. The molecule has 0 atom stereocenters. The van der Waals surface area contributed by atoms with Gasteiger partial charge in [-0.3, -0.25) is 5.10 Å². The number of pyridine rings is 1. The summed E-state index contributed by atoms with van der Waals surface area (Å²) in [4.78, 5) is 0.634. The van der Waals surface area contributed by atoms with E-state index in [4.69, 9.17) is 0 Å². The van der Waals surface area contributed by atoms with Crippen LogP contribution in [0.4, 0.5) is 4.39 Å². The highest BCUT2D eigenvalue weighted by Crippen LogP contribution is 2.38. The Morgan fingerprint density at radius 2 is 2.00 bits per heavy atom. The Balaban J connectivity index is 0.000000815. The predicted octanol–water partition coefficient (Wildman–Crippen LogP) is 5.07. The highest BCUT2D eigenvalue weighted by Gasteiger charge is 2.16. The molecular formula is C18H19FN4S. The van der Waals surface area contributed by atoms with Crippen molar-refractivity contribution < 1.29 is 4.39 Å². The first-order chi connectivity index (χ1) is 11.7. The Morgan fingerprint density at radius 3 is 2.75 bits per heavy atom. The number of rotatable bonds is 2. The van der Waals surface area contributed by atoms with E-state index in [1.54, 1.807) is 6.20 Å². The van der Waals surface area contributed by atoms with Gasteiger partial charge in [0.2, 0.25) is 0 Å². The third kappa shape index (κ3) is 2.67. The van der Waals surface area contributed by atoms with Crippen molar-refractivity contribution in [3.63, 3.8) is 0 Å². The van der Waals surface area contributed by atoms with Crippen molar-refractivity contribution in [1.82, 2.24) is 19.8 Å². The van der Waals surface area contributed by atoms with E-state index in [0.717, 1.165) is 27.7 Å². The molecule has 24 heavy (non-hydrogen) atoms. The lowest BCUT2D eigenvalue weighted by Gasteiger charge is -2.11. The molecule has 1 aromatic carbocycles. The van der Waals surface area contributed by atoms with Crippen molar-refractivity contribution in [2.75, 3.05) is 6.26 Å². The smallest absolute Gasteiger partial charge is 0.139 e. The molecule has 6 heteroatoms. The van der Waals surface area contributed by atoms with Crippen LogP contribution in [-0.2, 0) is 0 Å². The van der Waals surface area contributed by atoms with Crippen LogP contribution in [0.5, 0.6) is 0 Å². The van der Waals surface area contributed by atoms with Crippen LogP contribution in [0.1, 0.15) is 19.5 Å². The van der Waals surface area contributed by atoms with Crippen molar-refractivity contribution in [1.29, 1.82) is 0 Å². The van der Waals surface area contributed by atoms with Crippen LogP contribution in [-0.4, -0.2) is 26.1 Å². The third-order valence-corrected chi connectivity index (χ3v) is 4.54. The SMILES string of the molecule is CC.CSc1c(F)cc2[nH]ncc2c1-c1ccn2nc(C)cc2c1. The number of aromatic amines is 1. The number of nitrogens with zero attached hydrogens (tertiary/aromatic N) is 3. The summed E-state index contributed by atoms with van der Waals surface area (Å²) in [6.45, 7) is 5.95. The van der Waals surface area contributed by atoms with E-state index in [-0.39, 0.29) is 5.82 Å². The van der Waals surface area contributed by atoms with E-state index in [1.165, 1.54) is 17.8 Å². The summed E-state index contributed by atoms with van der Waals surface area (Å²) in [6.07, 6.45) is 5.53. The first-order valence-electron chi connectivity index (χ1n) is 7.83. The number of thioether (sulfide) groups is 1. The zero-order valence-corrected chi connectivity index (χ0v) is 14.9. The van der Waals surface area contributed by atoms with E-state index >= 15 is 0 Å². The molecule has 3 heterocycles. The van der Waals surface area contributed by atoms with Gasteiger partial charge in [0.25, 0.3) is 0 Å². The molecule has 3 aromatic heterocycles. The molecule has 1 N–H and O–H groups in total. The van der Waals surface area contributed by atoms with Crippen LogP contribution >= 0.6 is 11.8 Å². The lowest BCUT2D eigenvalue weighted by molar-refractivity contribution is 0.605. The molecule has 0 amide bonds. The summed E-state index contributed by atoms with van der Waals surface area (Å²) in [7, 11) is 0. The fourth-order valence-electron chi connectivity index (χ4n) is 2.80. The lowest BCUT2D eigenvalue weighted by Crippen LogP contribution is -1.92. The average Bonchev–Trinajstić information content (AvgIpc) is 3.19. The summed E-state index contributed by atoms with van der Waals surface area (Å²) in [5.74, 6) is -0.233. The molecule has 0 aliphatic heterocycles. The van der Waals surface area contributed by atoms with E-state index in [1.807, 2.05) is 55.9 Å². The molecule has 0 aliphatic rings. The van der Waals surface area contributed by atoms with Gasteiger partial charge in [0, 0.05) is 23.2 Å². The third-order valence-electron chi connectivity index (χ3n) is 3.73. The van der Waals surface area contributed by atoms with Crippen molar-refractivity contribution in [3.05, 3.63) is 48.2 Å². The maximum absolute atomic E-state index is 14.4. The Bertz CT molecular complexity index is 1000. The number of H-pyrrole nitrogens is 1. The maximum atomic E-state index is 14.4. The number of hydrogen-bond donors (Lipinski definition) is 1. The summed E-state index contributed by atoms with van der Waals surface area (Å²) < 4.78 is 16.2. The first-order valence-corrected chi connectivity index (χ1v) is 9.06. The number of nitrogens with one attached hydrogen (secondary N) is 1. The number of benzene rings is 1. The molecule has 0 fully saturated rings. The van der Waals surface area contributed by atoms with Crippen LogP contribution in [0.3, 0.4) is 0 Å². The average molecular weight is 342 g/mol. The molecule has 0 radical (unpaired) electrons. The molecule has 4 nitrogen and oxygen atoms in total. The van der Waals surface area contributed by atoms with E-state index in [0.29, 0.717) is 10.4 Å². The molecule has 124 valence electrons. The van der Waals surface area contributed by atoms with E-state index < -0.39 is 0 Å². The monoisotopic (exact) mass is 342 g/mol. The summed E-state index contributed by atoms with van der Waals surface area (Å²) in [5.41, 5.74) is 4.48. The Kier molecular flexibility index (Phi) is 4.57. The van der Waals surface area contributed by atoms with Gasteiger partial charge in [0.15, 0.2) is 0 Å². The minimum absolute atomic E-state index is 0.233. The zero-order valence-electron chi connectivity index (χ0n) is 14.1. The fraction of sp³-hybridized carbons (Fsp3) is 0.222. The highest BCUT2D eigenvalue weighted by atomic mass is 32.2. The molecule has 0 saturated heterocycles. The van der Waals surface area contributed by atoms with Crippen LogP contribution in [0.15, 0.2) is 41.6 Å². The van der Waals surface area contributed by atoms with Gasteiger partial charge in [-0.1, -0.05) is 13.8 Å². The minimum Gasteiger partial charge on any atom is -0.278 e.